The molecule has 12 atom stereocenters. The number of hydrogen-bond acceptors (Lipinski definition) is 13. The Labute approximate surface area is 582 Å². The minimum absolute atomic E-state index is 0.00458. The predicted octanol–water partition coefficient (Wildman–Crippen LogP) is 16.5. The Morgan fingerprint density at radius 3 is 1.24 bits per heavy atom. The van der Waals surface area contributed by atoms with E-state index in [9.17, 15) is 63.6 Å². The van der Waals surface area contributed by atoms with Crippen LogP contribution in [0, 0.1) is 47.3 Å². The molecule has 0 aromatic heterocycles. The van der Waals surface area contributed by atoms with Gasteiger partial charge in [0.25, 0.3) is 0 Å². The molecule has 3 saturated carbocycles. The summed E-state index contributed by atoms with van der Waals surface area (Å²) in [5.74, 6) is -3.21. The van der Waals surface area contributed by atoms with Crippen molar-refractivity contribution in [1.82, 2.24) is 0 Å². The first-order chi connectivity index (χ1) is 46.6. The van der Waals surface area contributed by atoms with Crippen molar-refractivity contribution in [3.05, 3.63) is 85.1 Å². The molecule has 0 spiro atoms. The predicted molar refractivity (Wildman–Crippen MR) is 383 cm³/mol. The molecule has 0 heterocycles. The van der Waals surface area contributed by atoms with Gasteiger partial charge in [0.2, 0.25) is 0 Å². The monoisotopic (exact) mass is 1360 g/mol. The van der Waals surface area contributed by atoms with E-state index in [-0.39, 0.29) is 90.8 Å². The van der Waals surface area contributed by atoms with Gasteiger partial charge in [-0.2, -0.15) is 0 Å². The number of aliphatic hydroxyl groups is 4. The normalized spacial score (nSPS) is 22.2. The molecule has 0 aromatic rings. The Morgan fingerprint density at radius 1 is 0.412 bits per heavy atom. The van der Waals surface area contributed by atoms with Crippen molar-refractivity contribution in [3.63, 3.8) is 0 Å². The summed E-state index contributed by atoms with van der Waals surface area (Å²) >= 11 is 0. The van der Waals surface area contributed by atoms with Gasteiger partial charge in [-0.1, -0.05) is 229 Å². The molecule has 0 aromatic carbocycles. The fourth-order valence-corrected chi connectivity index (χ4v) is 12.9. The van der Waals surface area contributed by atoms with E-state index in [1.807, 2.05) is 42.5 Å². The van der Waals surface area contributed by atoms with Crippen LogP contribution in [0.25, 0.3) is 0 Å². The van der Waals surface area contributed by atoms with E-state index in [1.165, 1.54) is 44.9 Å². The average molecular weight is 1360 g/mol. The average Bonchev–Trinajstić information content (AvgIpc) is 1.72. The lowest BCUT2D eigenvalue weighted by Crippen LogP contribution is -2.16. The molecule has 6 unspecified atom stereocenters. The quantitative estimate of drug-likeness (QED) is 0.0159. The third kappa shape index (κ3) is 44.8. The van der Waals surface area contributed by atoms with Gasteiger partial charge in [-0.25, -0.2) is 0 Å². The maximum atomic E-state index is 12.1. The number of rotatable bonds is 50. The molecular formula is C80H128O17. The van der Waals surface area contributed by atoms with Crippen LogP contribution < -0.4 is 0 Å². The van der Waals surface area contributed by atoms with Crippen LogP contribution in [0.15, 0.2) is 85.1 Å². The Bertz CT molecular complexity index is 2450. The third-order valence-electron chi connectivity index (χ3n) is 18.8. The lowest BCUT2D eigenvalue weighted by atomic mass is 9.89. The summed E-state index contributed by atoms with van der Waals surface area (Å²) in [7, 11) is 0. The number of aliphatic hydroxyl groups excluding tert-OH is 4. The number of carboxylic acid groups (broad SMARTS) is 4. The van der Waals surface area contributed by atoms with E-state index in [1.54, 1.807) is 36.5 Å². The van der Waals surface area contributed by atoms with Gasteiger partial charge >= 0.3 is 23.9 Å². The van der Waals surface area contributed by atoms with Gasteiger partial charge in [0.05, 0.1) is 37.3 Å². The topological polar surface area (TPSA) is 315 Å². The first-order valence-electron chi connectivity index (χ1n) is 37.5. The van der Waals surface area contributed by atoms with Crippen LogP contribution in [-0.4, -0.2) is 118 Å². The van der Waals surface area contributed by atoms with Gasteiger partial charge in [0.1, 0.15) is 23.1 Å². The number of unbranched alkanes of at least 4 members (excludes halogenated alkanes) is 16. The molecule has 0 radical (unpaired) electrons. The number of carbonyl (C=O) groups excluding carboxylic acids is 5. The van der Waals surface area contributed by atoms with E-state index >= 15 is 0 Å². The molecular weight excluding hydrogens is 1230 g/mol. The lowest BCUT2D eigenvalue weighted by Gasteiger charge is -2.16. The summed E-state index contributed by atoms with van der Waals surface area (Å²) in [5, 5.41) is 74.2. The van der Waals surface area contributed by atoms with Crippen molar-refractivity contribution >= 4 is 52.8 Å². The van der Waals surface area contributed by atoms with Gasteiger partial charge < -0.3 is 40.9 Å². The lowest BCUT2D eigenvalue weighted by molar-refractivity contribution is -0.138. The SMILES string of the molecule is CCCCCC(O)/C=C/[C@H]1C(=O)C=CC1C/C=C\CCCC(=O)O.CCCCCC(O)/C=C/[C@H]1C(=O)CC(=O)C1C/C=C\CCCC(=O)O.CCCCC[C@H](O)/C=C/C1CCC[C@@H]1CCCCCCC(=O)O.CCCCC[C@H](O)/C=C/[C@H]1C(=O)CC(=O)C1CCCCCCC(=O)O. The van der Waals surface area contributed by atoms with Crippen LogP contribution in [0.2, 0.25) is 0 Å². The number of Topliss-reactive ketones (excluding diaryl/α,β-unsaturated/α-hetero) is 4. The highest BCUT2D eigenvalue weighted by molar-refractivity contribution is 6.10. The Hall–Kier alpha value is -5.75. The largest absolute Gasteiger partial charge is 0.481 e. The molecule has 550 valence electrons. The van der Waals surface area contributed by atoms with E-state index in [0.29, 0.717) is 63.7 Å². The van der Waals surface area contributed by atoms with Crippen molar-refractivity contribution in [1.29, 1.82) is 0 Å². The van der Waals surface area contributed by atoms with E-state index in [0.717, 1.165) is 134 Å². The highest BCUT2D eigenvalue weighted by Crippen LogP contribution is 2.37. The zero-order valence-electron chi connectivity index (χ0n) is 59.8. The van der Waals surface area contributed by atoms with Gasteiger partial charge in [-0.05, 0) is 127 Å². The van der Waals surface area contributed by atoms with Crippen LogP contribution in [0.1, 0.15) is 291 Å². The second-order valence-electron chi connectivity index (χ2n) is 27.3. The van der Waals surface area contributed by atoms with Gasteiger partial charge in [-0.3, -0.25) is 43.2 Å². The van der Waals surface area contributed by atoms with E-state index in [4.69, 9.17) is 20.4 Å². The van der Waals surface area contributed by atoms with Crippen LogP contribution in [0.3, 0.4) is 0 Å². The fourth-order valence-electron chi connectivity index (χ4n) is 12.9. The number of carbonyl (C=O) groups is 9. The molecule has 0 amide bonds. The molecule has 0 saturated heterocycles. The number of ketones is 5. The summed E-state index contributed by atoms with van der Waals surface area (Å²) in [5.41, 5.74) is 0. The van der Waals surface area contributed by atoms with Gasteiger partial charge in [-0.15, -0.1) is 0 Å². The number of allylic oxidation sites excluding steroid dienone is 10. The molecule has 4 aliphatic carbocycles. The van der Waals surface area contributed by atoms with E-state index < -0.39 is 54.0 Å². The zero-order chi connectivity index (χ0) is 72.0. The highest BCUT2D eigenvalue weighted by atomic mass is 16.4. The molecule has 8 N–H and O–H groups in total. The smallest absolute Gasteiger partial charge is 0.303 e. The molecule has 0 aliphatic heterocycles. The second-order valence-corrected chi connectivity index (χ2v) is 27.3. The maximum absolute atomic E-state index is 12.1. The molecule has 17 nitrogen and oxygen atoms in total. The Balaban J connectivity index is 0.000000647. The molecule has 4 aliphatic rings. The van der Waals surface area contributed by atoms with Crippen molar-refractivity contribution in [2.75, 3.05) is 0 Å². The molecule has 3 fully saturated rings. The highest BCUT2D eigenvalue weighted by Gasteiger charge is 2.40. The van der Waals surface area contributed by atoms with Crippen LogP contribution >= 0.6 is 0 Å². The minimum Gasteiger partial charge on any atom is -0.481 e. The van der Waals surface area contributed by atoms with Crippen LogP contribution in [0.4, 0.5) is 0 Å². The second kappa shape index (κ2) is 57.1. The number of carboxylic acids is 4. The molecule has 4 rings (SSSR count). The minimum atomic E-state index is -0.812. The standard InChI is InChI=1S/C20H32O5.C20H30O5.C20H30O4.C20H36O3/c2*1-2-3-6-9-15(21)12-13-17-16(18(22)14-19(17)23)10-7-4-5-8-11-20(24)25;1-2-3-6-10-17(21)13-14-18-16(12-15-19(18)22)9-7-4-5-8-11-20(23)24;1-2-3-6-13-19(21)16-15-18-12-9-11-17(18)10-7-4-5-8-14-20(22)23/h12-13,15-17,21H,2-11,14H2,1H3,(H,24,25);4,7,12-13,15-17,21H,2-3,5-6,8-11,14H2,1H3,(H,24,25);4,7,12-18,21H,2-3,5-6,8-11H2,1H3,(H,23,24);15-19,21H,2-14H2,1H3,(H,22,23)/b13-12+;7-4-,13-12+;7-4-,14-13+;16-15+/t15-,16?,17+;15?,16?,17-;16?,17?,18-;17-,18?,19-/m0110/s1. The summed E-state index contributed by atoms with van der Waals surface area (Å²) in [6.45, 7) is 8.53. The summed E-state index contributed by atoms with van der Waals surface area (Å²) in [6.07, 6.45) is 58.0. The van der Waals surface area contributed by atoms with Gasteiger partial charge in [0, 0.05) is 55.3 Å². The van der Waals surface area contributed by atoms with E-state index in [2.05, 4.69) is 33.8 Å². The Kier molecular flexibility index (Phi) is 52.5. The van der Waals surface area contributed by atoms with Gasteiger partial charge in [0.15, 0.2) is 5.78 Å². The van der Waals surface area contributed by atoms with Crippen molar-refractivity contribution < 1.29 is 84.0 Å². The fraction of sp³-hybridized carbons (Fsp3) is 0.713. The zero-order valence-corrected chi connectivity index (χ0v) is 59.8. The first kappa shape index (κ1) is 89.3. The maximum Gasteiger partial charge on any atom is 0.303 e. The molecule has 17 heteroatoms. The first-order valence-corrected chi connectivity index (χ1v) is 37.5. The van der Waals surface area contributed by atoms with Crippen LogP contribution in [-0.2, 0) is 43.2 Å². The summed E-state index contributed by atoms with van der Waals surface area (Å²) < 4.78 is 0. The van der Waals surface area contributed by atoms with Crippen molar-refractivity contribution in [3.8, 4) is 0 Å². The molecule has 97 heavy (non-hydrogen) atoms. The third-order valence-corrected chi connectivity index (χ3v) is 18.8. The van der Waals surface area contributed by atoms with Crippen molar-refractivity contribution in [2.45, 2.75) is 315 Å². The number of aliphatic carboxylic acids is 4. The Morgan fingerprint density at radius 2 is 0.794 bits per heavy atom. The summed E-state index contributed by atoms with van der Waals surface area (Å²) in [4.78, 5) is 102. The number of hydrogen-bond donors (Lipinski definition) is 8. The summed E-state index contributed by atoms with van der Waals surface area (Å²) in [6, 6.07) is 0. The van der Waals surface area contributed by atoms with Crippen molar-refractivity contribution in [2.24, 2.45) is 47.3 Å². The molecule has 0 bridgehead atoms. The van der Waals surface area contributed by atoms with Crippen LogP contribution in [0.5, 0.6) is 0 Å².